The van der Waals surface area contributed by atoms with Gasteiger partial charge in [0.1, 0.15) is 10.5 Å². The van der Waals surface area contributed by atoms with Crippen LogP contribution in [0, 0.1) is 5.92 Å². The number of ether oxygens (including phenoxy) is 1. The van der Waals surface area contributed by atoms with Crippen LogP contribution in [0.4, 0.5) is 0 Å². The molecule has 0 bridgehead atoms. The van der Waals surface area contributed by atoms with Crippen LogP contribution in [0.3, 0.4) is 0 Å². The van der Waals surface area contributed by atoms with Crippen molar-refractivity contribution in [2.75, 3.05) is 12.9 Å². The smallest absolute Gasteiger partial charge is 0.339 e. The minimum Gasteiger partial charge on any atom is -0.494 e. The SMILES string of the molecule is COc1c(C(=O)O)cc(Cl)cc1S(=O)(=O)CCC(C)C. The van der Waals surface area contributed by atoms with Crippen molar-refractivity contribution in [1.82, 2.24) is 0 Å². The Labute approximate surface area is 123 Å². The molecular weight excluding hydrogens is 304 g/mol. The van der Waals surface area contributed by atoms with Gasteiger partial charge in [0.05, 0.1) is 12.9 Å². The van der Waals surface area contributed by atoms with E-state index in [2.05, 4.69) is 0 Å². The predicted octanol–water partition coefficient (Wildman–Crippen LogP) is 2.87. The summed E-state index contributed by atoms with van der Waals surface area (Å²) in [4.78, 5) is 11.0. The molecular formula is C13H17ClO5S. The van der Waals surface area contributed by atoms with E-state index in [1.54, 1.807) is 0 Å². The van der Waals surface area contributed by atoms with E-state index in [4.69, 9.17) is 21.4 Å². The zero-order valence-electron chi connectivity index (χ0n) is 11.5. The summed E-state index contributed by atoms with van der Waals surface area (Å²) in [6.45, 7) is 3.82. The predicted molar refractivity (Wildman–Crippen MR) is 76.5 cm³/mol. The molecule has 0 spiro atoms. The number of carboxylic acids is 1. The van der Waals surface area contributed by atoms with E-state index in [1.165, 1.54) is 19.2 Å². The molecule has 0 heterocycles. The molecule has 112 valence electrons. The van der Waals surface area contributed by atoms with Crippen LogP contribution in [-0.2, 0) is 9.84 Å². The van der Waals surface area contributed by atoms with Gasteiger partial charge in [0.15, 0.2) is 15.6 Å². The lowest BCUT2D eigenvalue weighted by Gasteiger charge is -2.13. The second-order valence-electron chi connectivity index (χ2n) is 4.79. The molecule has 0 radical (unpaired) electrons. The Balaban J connectivity index is 3.40. The Kier molecular flexibility index (Phi) is 5.42. The first-order valence-electron chi connectivity index (χ1n) is 6.02. The molecule has 5 nitrogen and oxygen atoms in total. The molecule has 0 aliphatic carbocycles. The lowest BCUT2D eigenvalue weighted by molar-refractivity contribution is 0.0693. The fourth-order valence-electron chi connectivity index (χ4n) is 1.67. The number of hydrogen-bond acceptors (Lipinski definition) is 4. The van der Waals surface area contributed by atoms with Gasteiger partial charge in [-0.15, -0.1) is 0 Å². The highest BCUT2D eigenvalue weighted by atomic mass is 35.5. The van der Waals surface area contributed by atoms with Gasteiger partial charge in [0.2, 0.25) is 0 Å². The largest absolute Gasteiger partial charge is 0.494 e. The van der Waals surface area contributed by atoms with Crippen LogP contribution < -0.4 is 4.74 Å². The molecule has 1 aromatic rings. The summed E-state index contributed by atoms with van der Waals surface area (Å²) in [5.74, 6) is -1.33. The van der Waals surface area contributed by atoms with E-state index in [0.29, 0.717) is 6.42 Å². The maximum absolute atomic E-state index is 12.3. The number of carbonyl (C=O) groups is 1. The number of carboxylic acid groups (broad SMARTS) is 1. The van der Waals surface area contributed by atoms with E-state index in [9.17, 15) is 13.2 Å². The lowest BCUT2D eigenvalue weighted by Crippen LogP contribution is -2.13. The molecule has 1 aromatic carbocycles. The Hall–Kier alpha value is -1.27. The van der Waals surface area contributed by atoms with Gasteiger partial charge < -0.3 is 9.84 Å². The topological polar surface area (TPSA) is 80.7 Å². The molecule has 20 heavy (non-hydrogen) atoms. The standard InChI is InChI=1S/C13H17ClO5S/c1-8(2)4-5-20(17,18)11-7-9(14)6-10(13(15)16)12(11)19-3/h6-8H,4-5H2,1-3H3,(H,15,16). The molecule has 0 unspecified atom stereocenters. The zero-order valence-corrected chi connectivity index (χ0v) is 13.1. The monoisotopic (exact) mass is 320 g/mol. The van der Waals surface area contributed by atoms with Crippen LogP contribution in [0.1, 0.15) is 30.6 Å². The van der Waals surface area contributed by atoms with Crippen molar-refractivity contribution >= 4 is 27.4 Å². The molecule has 1 N–H and O–H groups in total. The van der Waals surface area contributed by atoms with E-state index < -0.39 is 15.8 Å². The van der Waals surface area contributed by atoms with Crippen molar-refractivity contribution in [3.63, 3.8) is 0 Å². The van der Waals surface area contributed by atoms with Gasteiger partial charge in [-0.2, -0.15) is 0 Å². The Morgan fingerprint density at radius 1 is 1.40 bits per heavy atom. The summed E-state index contributed by atoms with van der Waals surface area (Å²) in [6.07, 6.45) is 0.473. The highest BCUT2D eigenvalue weighted by molar-refractivity contribution is 7.91. The number of sulfone groups is 1. The molecule has 0 amide bonds. The van der Waals surface area contributed by atoms with Gasteiger partial charge in [-0.05, 0) is 24.5 Å². The first-order valence-corrected chi connectivity index (χ1v) is 8.05. The summed E-state index contributed by atoms with van der Waals surface area (Å²) in [5.41, 5.74) is -0.261. The summed E-state index contributed by atoms with van der Waals surface area (Å²) < 4.78 is 29.6. The van der Waals surface area contributed by atoms with Gasteiger partial charge in [-0.3, -0.25) is 0 Å². The average molecular weight is 321 g/mol. The fourth-order valence-corrected chi connectivity index (χ4v) is 3.74. The highest BCUT2D eigenvalue weighted by Crippen LogP contribution is 2.33. The second-order valence-corrected chi connectivity index (χ2v) is 7.31. The minimum absolute atomic E-state index is 0.0475. The quantitative estimate of drug-likeness (QED) is 0.871. The van der Waals surface area contributed by atoms with Gasteiger partial charge in [-0.1, -0.05) is 25.4 Å². The van der Waals surface area contributed by atoms with Gasteiger partial charge in [-0.25, -0.2) is 13.2 Å². The number of aromatic carboxylic acids is 1. The van der Waals surface area contributed by atoms with E-state index >= 15 is 0 Å². The summed E-state index contributed by atoms with van der Waals surface area (Å²) in [5, 5.41) is 9.14. The van der Waals surface area contributed by atoms with Gasteiger partial charge in [0.25, 0.3) is 0 Å². The third-order valence-electron chi connectivity index (χ3n) is 2.75. The van der Waals surface area contributed by atoms with E-state index in [1.807, 2.05) is 13.8 Å². The van der Waals surface area contributed by atoms with E-state index in [0.717, 1.165) is 0 Å². The van der Waals surface area contributed by atoms with Crippen LogP contribution in [0.25, 0.3) is 0 Å². The lowest BCUT2D eigenvalue weighted by atomic mass is 10.2. The van der Waals surface area contributed by atoms with Crippen molar-refractivity contribution in [1.29, 1.82) is 0 Å². The number of hydrogen-bond donors (Lipinski definition) is 1. The van der Waals surface area contributed by atoms with Crippen LogP contribution in [0.2, 0.25) is 5.02 Å². The van der Waals surface area contributed by atoms with Gasteiger partial charge in [0, 0.05) is 5.02 Å². The van der Waals surface area contributed by atoms with Crippen LogP contribution in [0.15, 0.2) is 17.0 Å². The average Bonchev–Trinajstić information content (AvgIpc) is 2.35. The number of benzene rings is 1. The Morgan fingerprint density at radius 2 is 2.00 bits per heavy atom. The second kappa shape index (κ2) is 6.45. The Bertz CT molecular complexity index is 607. The highest BCUT2D eigenvalue weighted by Gasteiger charge is 2.25. The molecule has 1 rings (SSSR count). The minimum atomic E-state index is -3.65. The van der Waals surface area contributed by atoms with Crippen molar-refractivity contribution in [3.8, 4) is 5.75 Å². The number of halogens is 1. The molecule has 0 aliphatic heterocycles. The number of methoxy groups -OCH3 is 1. The maximum Gasteiger partial charge on any atom is 0.339 e. The molecule has 0 saturated carbocycles. The van der Waals surface area contributed by atoms with Crippen LogP contribution in [-0.4, -0.2) is 32.4 Å². The first kappa shape index (κ1) is 16.8. The summed E-state index contributed by atoms with van der Waals surface area (Å²) in [7, 11) is -2.42. The van der Waals surface area contributed by atoms with Crippen molar-refractivity contribution in [3.05, 3.63) is 22.7 Å². The third-order valence-corrected chi connectivity index (χ3v) is 4.72. The molecule has 0 atom stereocenters. The van der Waals surface area contributed by atoms with Crippen molar-refractivity contribution in [2.24, 2.45) is 5.92 Å². The number of rotatable bonds is 6. The molecule has 0 saturated heterocycles. The molecule has 7 heteroatoms. The van der Waals surface area contributed by atoms with Crippen molar-refractivity contribution < 1.29 is 23.1 Å². The Morgan fingerprint density at radius 3 is 2.45 bits per heavy atom. The van der Waals surface area contributed by atoms with Crippen LogP contribution in [0.5, 0.6) is 5.75 Å². The van der Waals surface area contributed by atoms with Crippen molar-refractivity contribution in [2.45, 2.75) is 25.2 Å². The zero-order chi connectivity index (χ0) is 15.5. The first-order chi connectivity index (χ1) is 9.19. The summed E-state index contributed by atoms with van der Waals surface area (Å²) in [6, 6.07) is 2.40. The fraction of sp³-hybridized carbons (Fsp3) is 0.462. The van der Waals surface area contributed by atoms with Crippen LogP contribution >= 0.6 is 11.6 Å². The normalized spacial score (nSPS) is 11.7. The molecule has 0 aliphatic rings. The maximum atomic E-state index is 12.3. The summed E-state index contributed by atoms with van der Waals surface area (Å²) >= 11 is 5.81. The van der Waals surface area contributed by atoms with E-state index in [-0.39, 0.29) is 32.9 Å². The van der Waals surface area contributed by atoms with Gasteiger partial charge >= 0.3 is 5.97 Å². The third kappa shape index (κ3) is 3.86. The molecule has 0 aromatic heterocycles. The molecule has 0 fully saturated rings.